The lowest BCUT2D eigenvalue weighted by Gasteiger charge is -2.26. The van der Waals surface area contributed by atoms with Gasteiger partial charge >= 0.3 is 5.97 Å². The zero-order chi connectivity index (χ0) is 13.3. The number of carbonyl (C=O) groups excluding carboxylic acids is 1. The molecule has 0 radical (unpaired) electrons. The third-order valence-electron chi connectivity index (χ3n) is 3.25. The maximum absolute atomic E-state index is 11.6. The second-order valence-corrected chi connectivity index (χ2v) is 5.89. The molecule has 98 valence electrons. The molecule has 0 amide bonds. The van der Waals surface area contributed by atoms with Crippen molar-refractivity contribution in [1.82, 2.24) is 5.32 Å². The van der Waals surface area contributed by atoms with Gasteiger partial charge in [-0.15, -0.1) is 0 Å². The summed E-state index contributed by atoms with van der Waals surface area (Å²) in [5.74, 6) is -0.265. The zero-order valence-corrected chi connectivity index (χ0v) is 11.5. The van der Waals surface area contributed by atoms with Gasteiger partial charge in [0.15, 0.2) is 0 Å². The lowest BCUT2D eigenvalue weighted by Crippen LogP contribution is -2.38. The van der Waals surface area contributed by atoms with Crippen LogP contribution in [-0.2, 0) is 11.2 Å². The van der Waals surface area contributed by atoms with E-state index in [9.17, 15) is 4.79 Å². The topological polar surface area (TPSA) is 38.3 Å². The number of benzene rings is 1. The summed E-state index contributed by atoms with van der Waals surface area (Å²) in [5.41, 5.74) is 3.30. The van der Waals surface area contributed by atoms with Gasteiger partial charge in [0.2, 0.25) is 0 Å². The van der Waals surface area contributed by atoms with Gasteiger partial charge in [-0.05, 0) is 56.9 Å². The molecule has 0 saturated carbocycles. The molecular formula is C15H21NO2. The molecule has 3 nitrogen and oxygen atoms in total. The standard InChI is InChI=1S/C15H21NO2/c1-15(2,3)16-13-8-7-10-5-6-11(9-12(10)13)14(17)18-4/h5-6,9,13,16H,7-8H2,1-4H3. The summed E-state index contributed by atoms with van der Waals surface area (Å²) in [6.07, 6.45) is 2.17. The van der Waals surface area contributed by atoms with Gasteiger partial charge in [0.05, 0.1) is 12.7 Å². The molecule has 3 heteroatoms. The molecule has 0 aromatic heterocycles. The van der Waals surface area contributed by atoms with E-state index in [4.69, 9.17) is 4.74 Å². The number of hydrogen-bond acceptors (Lipinski definition) is 3. The van der Waals surface area contributed by atoms with Gasteiger partial charge in [-0.25, -0.2) is 4.79 Å². The quantitative estimate of drug-likeness (QED) is 0.817. The van der Waals surface area contributed by atoms with Crippen LogP contribution in [0, 0.1) is 0 Å². The molecule has 0 saturated heterocycles. The molecule has 0 spiro atoms. The van der Waals surface area contributed by atoms with E-state index in [0.29, 0.717) is 11.6 Å². The zero-order valence-electron chi connectivity index (χ0n) is 11.5. The highest BCUT2D eigenvalue weighted by molar-refractivity contribution is 5.89. The molecule has 0 heterocycles. The fourth-order valence-corrected chi connectivity index (χ4v) is 2.52. The fourth-order valence-electron chi connectivity index (χ4n) is 2.52. The average Bonchev–Trinajstić information content (AvgIpc) is 2.68. The summed E-state index contributed by atoms with van der Waals surface area (Å²) < 4.78 is 4.77. The lowest BCUT2D eigenvalue weighted by molar-refractivity contribution is 0.0600. The van der Waals surface area contributed by atoms with E-state index in [0.717, 1.165) is 12.8 Å². The molecule has 1 aliphatic carbocycles. The number of rotatable bonds is 2. The van der Waals surface area contributed by atoms with Gasteiger partial charge in [0, 0.05) is 11.6 Å². The first-order valence-corrected chi connectivity index (χ1v) is 6.39. The number of hydrogen-bond donors (Lipinski definition) is 1. The molecule has 0 bridgehead atoms. The van der Waals surface area contributed by atoms with E-state index in [1.165, 1.54) is 18.2 Å². The van der Waals surface area contributed by atoms with Gasteiger partial charge in [-0.1, -0.05) is 6.07 Å². The Bertz CT molecular complexity index is 460. The average molecular weight is 247 g/mol. The van der Waals surface area contributed by atoms with Gasteiger partial charge in [-0.2, -0.15) is 0 Å². The Hall–Kier alpha value is -1.35. The number of aryl methyl sites for hydroxylation is 1. The van der Waals surface area contributed by atoms with E-state index in [1.807, 2.05) is 18.2 Å². The van der Waals surface area contributed by atoms with E-state index < -0.39 is 0 Å². The lowest BCUT2D eigenvalue weighted by atomic mass is 10.0. The molecular weight excluding hydrogens is 226 g/mol. The summed E-state index contributed by atoms with van der Waals surface area (Å²) in [5, 5.41) is 3.61. The predicted molar refractivity (Wildman–Crippen MR) is 71.7 cm³/mol. The third kappa shape index (κ3) is 2.72. The summed E-state index contributed by atoms with van der Waals surface area (Å²) in [6, 6.07) is 6.21. The first kappa shape index (κ1) is 13.1. The van der Waals surface area contributed by atoms with Crippen molar-refractivity contribution >= 4 is 5.97 Å². The van der Waals surface area contributed by atoms with Gasteiger partial charge in [-0.3, -0.25) is 0 Å². The van der Waals surface area contributed by atoms with Crippen molar-refractivity contribution in [1.29, 1.82) is 0 Å². The molecule has 1 atom stereocenters. The third-order valence-corrected chi connectivity index (χ3v) is 3.25. The van der Waals surface area contributed by atoms with Crippen LogP contribution >= 0.6 is 0 Å². The molecule has 1 aliphatic rings. The molecule has 1 aromatic carbocycles. The predicted octanol–water partition coefficient (Wildman–Crippen LogP) is 2.85. The van der Waals surface area contributed by atoms with Crippen molar-refractivity contribution in [2.45, 2.75) is 45.2 Å². The van der Waals surface area contributed by atoms with Crippen LogP contribution in [0.2, 0.25) is 0 Å². The second kappa shape index (κ2) is 4.73. The van der Waals surface area contributed by atoms with Crippen LogP contribution in [0.4, 0.5) is 0 Å². The van der Waals surface area contributed by atoms with Crippen molar-refractivity contribution in [2.24, 2.45) is 0 Å². The SMILES string of the molecule is COC(=O)c1ccc2c(c1)C(NC(C)(C)C)CC2. The Balaban J connectivity index is 2.28. The highest BCUT2D eigenvalue weighted by Gasteiger charge is 2.26. The first-order valence-electron chi connectivity index (χ1n) is 6.39. The minimum Gasteiger partial charge on any atom is -0.465 e. The van der Waals surface area contributed by atoms with Crippen LogP contribution in [0.1, 0.15) is 54.7 Å². The van der Waals surface area contributed by atoms with E-state index in [2.05, 4.69) is 26.1 Å². The number of nitrogens with one attached hydrogen (secondary N) is 1. The number of methoxy groups -OCH3 is 1. The number of fused-ring (bicyclic) bond motifs is 1. The Kier molecular flexibility index (Phi) is 3.44. The van der Waals surface area contributed by atoms with Crippen LogP contribution in [0.15, 0.2) is 18.2 Å². The normalized spacial score (nSPS) is 18.6. The van der Waals surface area contributed by atoms with Crippen molar-refractivity contribution in [3.05, 3.63) is 34.9 Å². The fraction of sp³-hybridized carbons (Fsp3) is 0.533. The van der Waals surface area contributed by atoms with Gasteiger partial charge in [0.25, 0.3) is 0 Å². The summed E-state index contributed by atoms with van der Waals surface area (Å²) >= 11 is 0. The minimum atomic E-state index is -0.265. The second-order valence-electron chi connectivity index (χ2n) is 5.89. The molecule has 0 aliphatic heterocycles. The molecule has 2 rings (SSSR count). The van der Waals surface area contributed by atoms with Crippen LogP contribution in [0.25, 0.3) is 0 Å². The smallest absolute Gasteiger partial charge is 0.337 e. The van der Waals surface area contributed by atoms with Crippen LogP contribution < -0.4 is 5.32 Å². The van der Waals surface area contributed by atoms with Crippen molar-refractivity contribution in [3.63, 3.8) is 0 Å². The molecule has 1 aromatic rings. The maximum Gasteiger partial charge on any atom is 0.337 e. The van der Waals surface area contributed by atoms with E-state index >= 15 is 0 Å². The Morgan fingerprint density at radius 3 is 2.72 bits per heavy atom. The van der Waals surface area contributed by atoms with Gasteiger partial charge in [0.1, 0.15) is 0 Å². The summed E-state index contributed by atoms with van der Waals surface area (Å²) in [7, 11) is 1.42. The minimum absolute atomic E-state index is 0.0769. The van der Waals surface area contributed by atoms with Crippen LogP contribution in [0.5, 0.6) is 0 Å². The molecule has 18 heavy (non-hydrogen) atoms. The highest BCUT2D eigenvalue weighted by Crippen LogP contribution is 2.33. The van der Waals surface area contributed by atoms with E-state index in [-0.39, 0.29) is 11.5 Å². The Morgan fingerprint density at radius 1 is 1.39 bits per heavy atom. The molecule has 1 N–H and O–H groups in total. The number of ether oxygens (including phenoxy) is 1. The van der Waals surface area contributed by atoms with Crippen LogP contribution in [-0.4, -0.2) is 18.6 Å². The Morgan fingerprint density at radius 2 is 2.11 bits per heavy atom. The van der Waals surface area contributed by atoms with Crippen molar-refractivity contribution in [3.8, 4) is 0 Å². The van der Waals surface area contributed by atoms with E-state index in [1.54, 1.807) is 0 Å². The maximum atomic E-state index is 11.6. The first-order chi connectivity index (χ1) is 8.40. The van der Waals surface area contributed by atoms with Gasteiger partial charge < -0.3 is 10.1 Å². The van der Waals surface area contributed by atoms with Crippen LogP contribution in [0.3, 0.4) is 0 Å². The number of carbonyl (C=O) groups is 1. The molecule has 0 fully saturated rings. The molecule has 1 unspecified atom stereocenters. The summed E-state index contributed by atoms with van der Waals surface area (Å²) in [6.45, 7) is 6.49. The summed E-state index contributed by atoms with van der Waals surface area (Å²) in [4.78, 5) is 11.6. The highest BCUT2D eigenvalue weighted by atomic mass is 16.5. The van der Waals surface area contributed by atoms with Crippen molar-refractivity contribution in [2.75, 3.05) is 7.11 Å². The Labute approximate surface area is 109 Å². The number of esters is 1. The van der Waals surface area contributed by atoms with Crippen molar-refractivity contribution < 1.29 is 9.53 Å². The largest absolute Gasteiger partial charge is 0.465 e. The monoisotopic (exact) mass is 247 g/mol.